The zero-order chi connectivity index (χ0) is 13.7. The largest absolute Gasteiger partial charge is 0.462 e. The fourth-order valence-electron chi connectivity index (χ4n) is 3.13. The first-order valence-corrected chi connectivity index (χ1v) is 6.72. The third kappa shape index (κ3) is 2.00. The maximum Gasteiger partial charge on any atom is 0.170 e. The monoisotopic (exact) mass is 453 g/mol. The SMILES string of the molecule is CC1(C)c2ccccc2-c2c[c-]c(-c3cocn3)cc21.[Ir]. The maximum atomic E-state index is 5.07. The van der Waals surface area contributed by atoms with E-state index in [4.69, 9.17) is 4.42 Å². The summed E-state index contributed by atoms with van der Waals surface area (Å²) < 4.78 is 5.07. The molecule has 1 aromatic heterocycles. The van der Waals surface area contributed by atoms with Crippen molar-refractivity contribution in [2.75, 3.05) is 0 Å². The number of benzene rings is 2. The van der Waals surface area contributed by atoms with Gasteiger partial charge in [0.1, 0.15) is 0 Å². The molecule has 1 aliphatic carbocycles. The van der Waals surface area contributed by atoms with E-state index in [-0.39, 0.29) is 25.5 Å². The van der Waals surface area contributed by atoms with Gasteiger partial charge in [0.2, 0.25) is 0 Å². The topological polar surface area (TPSA) is 26.0 Å². The van der Waals surface area contributed by atoms with Crippen LogP contribution in [0.2, 0.25) is 0 Å². The second-order valence-electron chi connectivity index (χ2n) is 5.72. The first kappa shape index (κ1) is 14.2. The van der Waals surface area contributed by atoms with Gasteiger partial charge in [0.25, 0.3) is 0 Å². The number of nitrogens with zero attached hydrogens (tertiary/aromatic N) is 1. The number of aromatic nitrogens is 1. The molecule has 0 aliphatic heterocycles. The van der Waals surface area contributed by atoms with Gasteiger partial charge in [-0.15, -0.1) is 29.3 Å². The molecule has 1 radical (unpaired) electrons. The van der Waals surface area contributed by atoms with Gasteiger partial charge in [-0.05, 0) is 11.0 Å². The van der Waals surface area contributed by atoms with Crippen LogP contribution in [0.5, 0.6) is 0 Å². The van der Waals surface area contributed by atoms with E-state index in [1.807, 2.05) is 0 Å². The van der Waals surface area contributed by atoms with Crippen LogP contribution >= 0.6 is 0 Å². The van der Waals surface area contributed by atoms with Gasteiger partial charge >= 0.3 is 0 Å². The molecule has 3 aromatic rings. The Bertz CT molecular complexity index is 791. The Labute approximate surface area is 137 Å². The third-order valence-electron chi connectivity index (χ3n) is 4.22. The minimum atomic E-state index is 0. The van der Waals surface area contributed by atoms with Crippen molar-refractivity contribution >= 4 is 0 Å². The van der Waals surface area contributed by atoms with Crippen molar-refractivity contribution in [3.05, 3.63) is 66.2 Å². The molecular formula is C18H14IrNO-. The third-order valence-corrected chi connectivity index (χ3v) is 4.22. The van der Waals surface area contributed by atoms with Crippen molar-refractivity contribution in [3.63, 3.8) is 0 Å². The molecule has 0 unspecified atom stereocenters. The van der Waals surface area contributed by atoms with Crippen LogP contribution in [0.4, 0.5) is 0 Å². The normalized spacial score (nSPS) is 14.2. The molecule has 2 aromatic carbocycles. The summed E-state index contributed by atoms with van der Waals surface area (Å²) in [5.41, 5.74) is 7.13. The Balaban J connectivity index is 0.00000132. The van der Waals surface area contributed by atoms with Crippen LogP contribution in [0.1, 0.15) is 25.0 Å². The fraction of sp³-hybridized carbons (Fsp3) is 0.167. The standard InChI is InChI=1S/C18H14NO.Ir/c1-18(2)15-6-4-3-5-13(15)14-8-7-12(9-16(14)18)17-10-20-11-19-17;/h3-6,8-11H,1-2H3;/q-1;. The minimum absolute atomic E-state index is 0. The molecule has 0 atom stereocenters. The van der Waals surface area contributed by atoms with Crippen LogP contribution in [0, 0.1) is 6.07 Å². The van der Waals surface area contributed by atoms with E-state index in [0.29, 0.717) is 0 Å². The summed E-state index contributed by atoms with van der Waals surface area (Å²) in [6.45, 7) is 4.54. The van der Waals surface area contributed by atoms with Crippen LogP contribution in [0.15, 0.2) is 53.5 Å². The van der Waals surface area contributed by atoms with E-state index in [9.17, 15) is 0 Å². The Hall–Kier alpha value is -1.70. The Morgan fingerprint density at radius 1 is 1.10 bits per heavy atom. The van der Waals surface area contributed by atoms with E-state index in [1.165, 1.54) is 28.6 Å². The van der Waals surface area contributed by atoms with Crippen molar-refractivity contribution in [3.8, 4) is 22.4 Å². The van der Waals surface area contributed by atoms with Gasteiger partial charge in [-0.25, -0.2) is 0 Å². The summed E-state index contributed by atoms with van der Waals surface area (Å²) in [7, 11) is 0. The van der Waals surface area contributed by atoms with E-state index in [2.05, 4.69) is 61.3 Å². The summed E-state index contributed by atoms with van der Waals surface area (Å²) in [6, 6.07) is 16.2. The van der Waals surface area contributed by atoms with Crippen LogP contribution in [-0.2, 0) is 25.5 Å². The van der Waals surface area contributed by atoms with Crippen molar-refractivity contribution in [1.29, 1.82) is 0 Å². The molecule has 2 nitrogen and oxygen atoms in total. The summed E-state index contributed by atoms with van der Waals surface area (Å²) in [4.78, 5) is 4.21. The molecule has 0 amide bonds. The van der Waals surface area contributed by atoms with Crippen LogP contribution in [0.3, 0.4) is 0 Å². The molecule has 3 heteroatoms. The summed E-state index contributed by atoms with van der Waals surface area (Å²) in [6.07, 6.45) is 3.11. The first-order chi connectivity index (χ1) is 9.68. The smallest absolute Gasteiger partial charge is 0.170 e. The van der Waals surface area contributed by atoms with Crippen LogP contribution < -0.4 is 0 Å². The number of rotatable bonds is 1. The zero-order valence-corrected chi connectivity index (χ0v) is 14.2. The van der Waals surface area contributed by atoms with Gasteiger partial charge in [-0.3, -0.25) is 4.98 Å². The predicted molar refractivity (Wildman–Crippen MR) is 78.3 cm³/mol. The van der Waals surface area contributed by atoms with Crippen molar-refractivity contribution in [1.82, 2.24) is 4.98 Å². The van der Waals surface area contributed by atoms with Gasteiger partial charge < -0.3 is 4.42 Å². The molecule has 0 N–H and O–H groups in total. The quantitative estimate of drug-likeness (QED) is 0.510. The van der Waals surface area contributed by atoms with E-state index < -0.39 is 0 Å². The summed E-state index contributed by atoms with van der Waals surface area (Å²) in [5.74, 6) is 0. The molecule has 21 heavy (non-hydrogen) atoms. The molecule has 0 saturated heterocycles. The molecular weight excluding hydrogens is 438 g/mol. The van der Waals surface area contributed by atoms with Gasteiger partial charge in [0, 0.05) is 25.8 Å². The molecule has 1 aliphatic rings. The minimum Gasteiger partial charge on any atom is -0.462 e. The molecule has 107 valence electrons. The molecule has 0 fully saturated rings. The second-order valence-corrected chi connectivity index (χ2v) is 5.72. The number of hydrogen-bond donors (Lipinski definition) is 0. The molecule has 1 heterocycles. The first-order valence-electron chi connectivity index (χ1n) is 6.72. The van der Waals surface area contributed by atoms with Crippen LogP contribution in [-0.4, -0.2) is 4.98 Å². The van der Waals surface area contributed by atoms with Crippen molar-refractivity contribution in [2.24, 2.45) is 0 Å². The maximum absolute atomic E-state index is 5.07. The summed E-state index contributed by atoms with van der Waals surface area (Å²) in [5, 5.41) is 0. The van der Waals surface area contributed by atoms with Gasteiger partial charge in [-0.1, -0.05) is 49.2 Å². The fourth-order valence-corrected chi connectivity index (χ4v) is 3.13. The number of hydrogen-bond acceptors (Lipinski definition) is 2. The average Bonchev–Trinajstić information content (AvgIpc) is 3.07. The molecule has 4 rings (SSSR count). The zero-order valence-electron chi connectivity index (χ0n) is 11.8. The van der Waals surface area contributed by atoms with Gasteiger partial charge in [0.05, 0.1) is 6.26 Å². The molecule has 0 spiro atoms. The van der Waals surface area contributed by atoms with Crippen molar-refractivity contribution < 1.29 is 24.5 Å². The second kappa shape index (κ2) is 4.94. The van der Waals surface area contributed by atoms with E-state index >= 15 is 0 Å². The number of oxazole rings is 1. The van der Waals surface area contributed by atoms with Crippen molar-refractivity contribution in [2.45, 2.75) is 19.3 Å². The molecule has 0 saturated carbocycles. The van der Waals surface area contributed by atoms with Gasteiger partial charge in [0.15, 0.2) is 6.39 Å². The average molecular weight is 453 g/mol. The molecule has 0 bridgehead atoms. The van der Waals surface area contributed by atoms with E-state index in [1.54, 1.807) is 6.26 Å². The van der Waals surface area contributed by atoms with Gasteiger partial charge in [-0.2, -0.15) is 0 Å². The Kier molecular flexibility index (Phi) is 3.35. The van der Waals surface area contributed by atoms with E-state index in [0.717, 1.165) is 11.3 Å². The Morgan fingerprint density at radius 3 is 2.67 bits per heavy atom. The van der Waals surface area contributed by atoms with Crippen LogP contribution in [0.25, 0.3) is 22.4 Å². The number of fused-ring (bicyclic) bond motifs is 3. The summed E-state index contributed by atoms with van der Waals surface area (Å²) >= 11 is 0. The Morgan fingerprint density at radius 2 is 1.90 bits per heavy atom. The predicted octanol–water partition coefficient (Wildman–Crippen LogP) is 4.45.